The third-order valence-corrected chi connectivity index (χ3v) is 6.23. The number of aromatic hydroxyl groups is 2. The fourth-order valence-corrected chi connectivity index (χ4v) is 4.17. The molecule has 12 heteroatoms. The number of carbonyl (C=O) groups excluding carboxylic acids is 2. The Balaban J connectivity index is 1.62. The van der Waals surface area contributed by atoms with Gasteiger partial charge in [0.25, 0.3) is 11.8 Å². The zero-order chi connectivity index (χ0) is 22.6. The third kappa shape index (κ3) is 7.45. The number of rotatable bonds is 11. The molecule has 0 heterocycles. The second-order valence-corrected chi connectivity index (χ2v) is 8.61. The van der Waals surface area contributed by atoms with Crippen LogP contribution >= 0.6 is 21.6 Å². The Morgan fingerprint density at radius 3 is 1.87 bits per heavy atom. The van der Waals surface area contributed by atoms with Gasteiger partial charge in [-0.25, -0.2) is 0 Å². The Hall–Kier alpha value is -3.34. The van der Waals surface area contributed by atoms with Crippen molar-refractivity contribution in [3.63, 3.8) is 0 Å². The van der Waals surface area contributed by atoms with Crippen molar-refractivity contribution in [3.05, 3.63) is 58.0 Å². The van der Waals surface area contributed by atoms with E-state index in [1.165, 1.54) is 51.9 Å². The van der Waals surface area contributed by atoms with Crippen LogP contribution in [0.1, 0.15) is 20.7 Å². The molecule has 0 aliphatic heterocycles. The molecule has 0 aliphatic carbocycles. The van der Waals surface area contributed by atoms with Crippen LogP contribution in [0.3, 0.4) is 0 Å². The van der Waals surface area contributed by atoms with E-state index in [0.717, 1.165) is 0 Å². The number of azide groups is 1. The van der Waals surface area contributed by atoms with Crippen molar-refractivity contribution in [2.45, 2.75) is 0 Å². The number of phenolic OH excluding ortho intramolecular Hbond substituents is 2. The molecule has 0 fully saturated rings. The SMILES string of the molecule is C=Nc1ccc(C(=O)NCCSSCCNC(=O)c2ccc(N=[N+]=[N-])cc2O)c(O)c1. The molecule has 0 spiro atoms. The Bertz CT molecular complexity index is 1010. The molecule has 0 saturated carbocycles. The largest absolute Gasteiger partial charge is 0.507 e. The first-order valence-electron chi connectivity index (χ1n) is 8.95. The standard InChI is InChI=1S/C19H20N6O4S2/c1-21-12-2-4-14(16(26)10-12)18(28)22-6-8-30-31-9-7-23-19(29)15-5-3-13(24-25-20)11-17(15)27/h2-5,10-11,26-27H,1,6-9H2,(H,22,28)(H,23,29). The van der Waals surface area contributed by atoms with E-state index >= 15 is 0 Å². The van der Waals surface area contributed by atoms with Gasteiger partial charge >= 0.3 is 0 Å². The van der Waals surface area contributed by atoms with E-state index in [9.17, 15) is 19.8 Å². The van der Waals surface area contributed by atoms with Crippen molar-refractivity contribution in [2.24, 2.45) is 10.1 Å². The lowest BCUT2D eigenvalue weighted by Crippen LogP contribution is -2.26. The summed E-state index contributed by atoms with van der Waals surface area (Å²) in [5.74, 6) is 0.0375. The van der Waals surface area contributed by atoms with Crippen molar-refractivity contribution >= 4 is 51.5 Å². The summed E-state index contributed by atoms with van der Waals surface area (Å²) < 4.78 is 0. The van der Waals surface area contributed by atoms with Crippen LogP contribution in [0.2, 0.25) is 0 Å². The lowest BCUT2D eigenvalue weighted by atomic mass is 10.1. The first kappa shape index (κ1) is 23.9. The molecule has 0 aromatic heterocycles. The van der Waals surface area contributed by atoms with Crippen LogP contribution in [0.15, 0.2) is 46.5 Å². The zero-order valence-corrected chi connectivity index (χ0v) is 17.9. The minimum Gasteiger partial charge on any atom is -0.507 e. The number of amides is 2. The summed E-state index contributed by atoms with van der Waals surface area (Å²) in [7, 11) is 3.05. The second-order valence-electron chi connectivity index (χ2n) is 5.91. The monoisotopic (exact) mass is 460 g/mol. The Morgan fingerprint density at radius 2 is 1.42 bits per heavy atom. The zero-order valence-electron chi connectivity index (χ0n) is 16.3. The number of phenols is 2. The predicted octanol–water partition coefficient (Wildman–Crippen LogP) is 3.91. The summed E-state index contributed by atoms with van der Waals surface area (Å²) in [4.78, 5) is 30.4. The molecule has 2 aromatic rings. The number of nitrogens with one attached hydrogen (secondary N) is 2. The number of aliphatic imine (C=N–C) groups is 1. The van der Waals surface area contributed by atoms with E-state index in [1.54, 1.807) is 6.07 Å². The van der Waals surface area contributed by atoms with E-state index in [1.807, 2.05) is 0 Å². The third-order valence-electron chi connectivity index (χ3n) is 3.82. The molecule has 0 aliphatic rings. The maximum Gasteiger partial charge on any atom is 0.255 e. The summed E-state index contributed by atoms with van der Waals surface area (Å²) in [6, 6.07) is 8.50. The number of benzene rings is 2. The van der Waals surface area contributed by atoms with Gasteiger partial charge < -0.3 is 20.8 Å². The van der Waals surface area contributed by atoms with Crippen LogP contribution in [0.4, 0.5) is 11.4 Å². The second kappa shape index (κ2) is 12.4. The van der Waals surface area contributed by atoms with E-state index in [4.69, 9.17) is 5.53 Å². The smallest absolute Gasteiger partial charge is 0.255 e. The van der Waals surface area contributed by atoms with Gasteiger partial charge in [-0.15, -0.1) is 0 Å². The average molecular weight is 461 g/mol. The van der Waals surface area contributed by atoms with Crippen molar-refractivity contribution in [1.29, 1.82) is 0 Å². The van der Waals surface area contributed by atoms with Gasteiger partial charge in [0.2, 0.25) is 0 Å². The first-order valence-corrected chi connectivity index (χ1v) is 11.4. The topological polar surface area (TPSA) is 160 Å². The van der Waals surface area contributed by atoms with Crippen LogP contribution in [-0.2, 0) is 0 Å². The van der Waals surface area contributed by atoms with Gasteiger partial charge in [-0.1, -0.05) is 32.8 Å². The molecule has 2 amide bonds. The highest BCUT2D eigenvalue weighted by atomic mass is 33.1. The van der Waals surface area contributed by atoms with Gasteiger partial charge in [-0.3, -0.25) is 14.6 Å². The van der Waals surface area contributed by atoms with Crippen LogP contribution in [0.25, 0.3) is 10.4 Å². The summed E-state index contributed by atoms with van der Waals surface area (Å²) in [6.45, 7) is 4.16. The van der Waals surface area contributed by atoms with Crippen LogP contribution < -0.4 is 10.6 Å². The van der Waals surface area contributed by atoms with Crippen molar-refractivity contribution in [2.75, 3.05) is 24.6 Å². The molecule has 2 rings (SSSR count). The fourth-order valence-electron chi connectivity index (χ4n) is 2.36. The summed E-state index contributed by atoms with van der Waals surface area (Å²) >= 11 is 0. The highest BCUT2D eigenvalue weighted by Gasteiger charge is 2.12. The molecule has 0 unspecified atom stereocenters. The number of hydrogen-bond donors (Lipinski definition) is 4. The highest BCUT2D eigenvalue weighted by Crippen LogP contribution is 2.25. The van der Waals surface area contributed by atoms with E-state index < -0.39 is 5.91 Å². The molecule has 0 atom stereocenters. The van der Waals surface area contributed by atoms with Gasteiger partial charge in [0.15, 0.2) is 0 Å². The van der Waals surface area contributed by atoms with Crippen LogP contribution in [-0.4, -0.2) is 53.3 Å². The van der Waals surface area contributed by atoms with E-state index in [0.29, 0.717) is 30.3 Å². The Kier molecular flexibility index (Phi) is 9.56. The first-order chi connectivity index (χ1) is 15.0. The van der Waals surface area contributed by atoms with Crippen molar-refractivity contribution < 1.29 is 19.8 Å². The van der Waals surface area contributed by atoms with Crippen LogP contribution in [0, 0.1) is 0 Å². The minimum atomic E-state index is -0.430. The van der Waals surface area contributed by atoms with Crippen molar-refractivity contribution in [3.8, 4) is 11.5 Å². The maximum absolute atomic E-state index is 12.1. The van der Waals surface area contributed by atoms with Gasteiger partial charge in [-0.2, -0.15) is 0 Å². The normalized spacial score (nSPS) is 10.1. The maximum atomic E-state index is 12.1. The molecule has 2 aromatic carbocycles. The molecule has 10 nitrogen and oxygen atoms in total. The average Bonchev–Trinajstić information content (AvgIpc) is 2.75. The molecule has 31 heavy (non-hydrogen) atoms. The van der Waals surface area contributed by atoms with Gasteiger partial charge in [0, 0.05) is 41.3 Å². The van der Waals surface area contributed by atoms with Crippen molar-refractivity contribution in [1.82, 2.24) is 10.6 Å². The number of hydrogen-bond acceptors (Lipinski definition) is 8. The molecular weight excluding hydrogens is 440 g/mol. The van der Waals surface area contributed by atoms with Gasteiger partial charge in [0.1, 0.15) is 11.5 Å². The molecule has 0 radical (unpaired) electrons. The number of nitrogens with zero attached hydrogens (tertiary/aromatic N) is 4. The molecular formula is C19H20N6O4S2. The molecule has 4 N–H and O–H groups in total. The minimum absolute atomic E-state index is 0.0948. The molecule has 0 bridgehead atoms. The fraction of sp³-hybridized carbons (Fsp3) is 0.211. The lowest BCUT2D eigenvalue weighted by molar-refractivity contribution is 0.0945. The van der Waals surface area contributed by atoms with E-state index in [2.05, 4.69) is 32.4 Å². The molecule has 162 valence electrons. The lowest BCUT2D eigenvalue weighted by Gasteiger charge is -2.08. The Morgan fingerprint density at radius 1 is 0.935 bits per heavy atom. The quantitative estimate of drug-likeness (QED) is 0.0993. The number of carbonyl (C=O) groups is 2. The summed E-state index contributed by atoms with van der Waals surface area (Å²) in [5.41, 5.74) is 9.34. The van der Waals surface area contributed by atoms with E-state index in [-0.39, 0.29) is 34.2 Å². The summed E-state index contributed by atoms with van der Waals surface area (Å²) in [6.07, 6.45) is 0. The van der Waals surface area contributed by atoms with Crippen LogP contribution in [0.5, 0.6) is 11.5 Å². The van der Waals surface area contributed by atoms with Gasteiger partial charge in [0.05, 0.1) is 16.8 Å². The highest BCUT2D eigenvalue weighted by molar-refractivity contribution is 8.76. The van der Waals surface area contributed by atoms with Gasteiger partial charge in [-0.05, 0) is 36.5 Å². The summed E-state index contributed by atoms with van der Waals surface area (Å²) in [5, 5.41) is 28.5. The predicted molar refractivity (Wildman–Crippen MR) is 124 cm³/mol. The Labute approximate surface area is 186 Å². The molecule has 0 saturated heterocycles.